The lowest BCUT2D eigenvalue weighted by molar-refractivity contribution is 0.306. The van der Waals surface area contributed by atoms with Gasteiger partial charge in [0, 0.05) is 12.1 Å². The molecule has 9 heteroatoms. The third kappa shape index (κ3) is 4.57. The number of hydrogen-bond donors (Lipinski definition) is 0. The second kappa shape index (κ2) is 9.50. The first-order valence-corrected chi connectivity index (χ1v) is 12.3. The minimum absolute atomic E-state index is 0.253. The molecule has 0 saturated carbocycles. The van der Waals surface area contributed by atoms with E-state index in [4.69, 9.17) is 18.6 Å². The van der Waals surface area contributed by atoms with Crippen LogP contribution in [-0.2, 0) is 6.61 Å². The van der Waals surface area contributed by atoms with Crippen LogP contribution in [0.25, 0.3) is 27.4 Å². The Morgan fingerprint density at radius 1 is 1.11 bits per heavy atom. The van der Waals surface area contributed by atoms with Gasteiger partial charge in [-0.2, -0.15) is 0 Å². The van der Waals surface area contributed by atoms with E-state index in [1.54, 1.807) is 23.9 Å². The first kappa shape index (κ1) is 22.4. The zero-order chi connectivity index (χ0) is 24.5. The molecule has 0 atom stereocenters. The zero-order valence-corrected chi connectivity index (χ0v) is 20.3. The molecule has 182 valence electrons. The van der Waals surface area contributed by atoms with Gasteiger partial charge in [0.15, 0.2) is 5.76 Å². The highest BCUT2D eigenvalue weighted by Gasteiger charge is 2.17. The summed E-state index contributed by atoms with van der Waals surface area (Å²) in [5.41, 5.74) is 3.06. The van der Waals surface area contributed by atoms with E-state index in [0.717, 1.165) is 24.2 Å². The Hall–Kier alpha value is -4.11. The van der Waals surface area contributed by atoms with E-state index in [1.165, 1.54) is 29.0 Å². The summed E-state index contributed by atoms with van der Waals surface area (Å²) in [7, 11) is 1.56. The topological polar surface area (TPSA) is 71.0 Å². The van der Waals surface area contributed by atoms with Crippen molar-refractivity contribution >= 4 is 27.3 Å². The third-order valence-corrected chi connectivity index (χ3v) is 6.67. The number of fused-ring (bicyclic) bond motifs is 2. The van der Waals surface area contributed by atoms with Crippen LogP contribution >= 0.6 is 11.3 Å². The molecular formula is C27H22FN3O4S. The van der Waals surface area contributed by atoms with Crippen molar-refractivity contribution in [3.8, 4) is 28.1 Å². The summed E-state index contributed by atoms with van der Waals surface area (Å²) < 4.78 is 39.0. The highest BCUT2D eigenvalue weighted by atomic mass is 32.1. The molecule has 6 rings (SSSR count). The molecule has 0 saturated heterocycles. The highest BCUT2D eigenvalue weighted by molar-refractivity contribution is 7.18. The summed E-state index contributed by atoms with van der Waals surface area (Å²) in [6.45, 7) is 0.778. The number of rotatable bonds is 8. The summed E-state index contributed by atoms with van der Waals surface area (Å²) >= 11 is 1.32. The molecule has 0 bridgehead atoms. The van der Waals surface area contributed by atoms with Gasteiger partial charge in [0.2, 0.25) is 4.96 Å². The van der Waals surface area contributed by atoms with E-state index in [1.807, 2.05) is 24.3 Å². The molecule has 36 heavy (non-hydrogen) atoms. The first-order valence-electron chi connectivity index (χ1n) is 11.5. The summed E-state index contributed by atoms with van der Waals surface area (Å²) in [5.74, 6) is 1.21. The van der Waals surface area contributed by atoms with Gasteiger partial charge >= 0.3 is 0 Å². The summed E-state index contributed by atoms with van der Waals surface area (Å²) in [4.78, 5) is 5.21. The number of hydrogen-bond acceptors (Lipinski definition) is 7. The van der Waals surface area contributed by atoms with Gasteiger partial charge in [0.05, 0.1) is 18.7 Å². The van der Waals surface area contributed by atoms with Crippen LogP contribution in [0.5, 0.6) is 16.7 Å². The second-order valence-corrected chi connectivity index (χ2v) is 9.25. The summed E-state index contributed by atoms with van der Waals surface area (Å²) in [5, 5.41) is 5.46. The maximum atomic E-state index is 14.4. The molecule has 3 heterocycles. The molecule has 0 amide bonds. The number of ether oxygens (including phenoxy) is 3. The number of furan rings is 1. The normalized spacial score (nSPS) is 13.3. The number of nitrogens with zero attached hydrogens (tertiary/aromatic N) is 3. The molecule has 0 unspecified atom stereocenters. The van der Waals surface area contributed by atoms with Crippen LogP contribution in [0.2, 0.25) is 0 Å². The molecule has 3 aromatic heterocycles. The van der Waals surface area contributed by atoms with Crippen molar-refractivity contribution in [2.45, 2.75) is 19.4 Å². The zero-order valence-electron chi connectivity index (χ0n) is 19.4. The Labute approximate surface area is 210 Å². The lowest BCUT2D eigenvalue weighted by Crippen LogP contribution is -2.02. The molecule has 1 aliphatic carbocycles. The standard InChI is InChI=1S/C27H22FN3O4S/c1-32-27-30-31-14-22(29-26(31)36-27)25-13-21-23(11-19(28)12-24(21)35-25)34-16-18-8-5-9-20(10-18)33-15-17-6-3-2-4-7-17/h3,5-14H,2,4,15-16H2,1H3. The predicted molar refractivity (Wildman–Crippen MR) is 135 cm³/mol. The van der Waals surface area contributed by atoms with Gasteiger partial charge in [-0.25, -0.2) is 13.9 Å². The number of benzene rings is 2. The van der Waals surface area contributed by atoms with Crippen LogP contribution in [0.1, 0.15) is 18.4 Å². The molecular weight excluding hydrogens is 481 g/mol. The van der Waals surface area contributed by atoms with E-state index >= 15 is 0 Å². The van der Waals surface area contributed by atoms with Gasteiger partial charge in [-0.1, -0.05) is 30.4 Å². The van der Waals surface area contributed by atoms with E-state index in [-0.39, 0.29) is 6.61 Å². The SMILES string of the molecule is COc1nn2cc(-c3cc4c(OCc5cccc(OCC6=CCCC=C6)c5)cc(F)cc4o3)nc2s1. The maximum Gasteiger partial charge on any atom is 0.294 e. The Kier molecular flexibility index (Phi) is 5.90. The van der Waals surface area contributed by atoms with Gasteiger partial charge < -0.3 is 18.6 Å². The molecule has 0 spiro atoms. The Balaban J connectivity index is 1.20. The van der Waals surface area contributed by atoms with Crippen molar-refractivity contribution in [1.29, 1.82) is 0 Å². The number of methoxy groups -OCH3 is 1. The Morgan fingerprint density at radius 2 is 2.06 bits per heavy atom. The fourth-order valence-electron chi connectivity index (χ4n) is 4.03. The average Bonchev–Trinajstić information content (AvgIpc) is 3.60. The van der Waals surface area contributed by atoms with Gasteiger partial charge in [0.25, 0.3) is 5.19 Å². The maximum absolute atomic E-state index is 14.4. The van der Waals surface area contributed by atoms with Gasteiger partial charge in [0.1, 0.15) is 41.8 Å². The number of halogens is 1. The van der Waals surface area contributed by atoms with Crippen molar-refractivity contribution < 1.29 is 23.0 Å². The fraction of sp³-hybridized carbons (Fsp3) is 0.185. The van der Waals surface area contributed by atoms with Crippen LogP contribution in [0.15, 0.2) is 76.9 Å². The molecule has 0 radical (unpaired) electrons. The first-order chi connectivity index (χ1) is 17.6. The predicted octanol–water partition coefficient (Wildman–Crippen LogP) is 6.59. The minimum Gasteiger partial charge on any atom is -0.489 e. The van der Waals surface area contributed by atoms with Gasteiger partial charge in [-0.3, -0.25) is 0 Å². The molecule has 1 aliphatic rings. The van der Waals surface area contributed by atoms with Crippen LogP contribution in [0.3, 0.4) is 0 Å². The van der Waals surface area contributed by atoms with E-state index < -0.39 is 5.82 Å². The molecule has 0 N–H and O–H groups in total. The summed E-state index contributed by atoms with van der Waals surface area (Å²) in [6, 6.07) is 12.2. The largest absolute Gasteiger partial charge is 0.489 e. The highest BCUT2D eigenvalue weighted by Crippen LogP contribution is 2.35. The molecule has 2 aromatic carbocycles. The lowest BCUT2D eigenvalue weighted by atomic mass is 10.1. The number of allylic oxidation sites excluding steroid dienone is 2. The smallest absolute Gasteiger partial charge is 0.294 e. The van der Waals surface area contributed by atoms with E-state index in [2.05, 4.69) is 28.3 Å². The Bertz CT molecular complexity index is 1580. The van der Waals surface area contributed by atoms with E-state index in [9.17, 15) is 4.39 Å². The van der Waals surface area contributed by atoms with Crippen LogP contribution in [0.4, 0.5) is 4.39 Å². The number of imidazole rings is 1. The molecule has 0 fully saturated rings. The van der Waals surface area contributed by atoms with Crippen molar-refractivity contribution in [3.63, 3.8) is 0 Å². The van der Waals surface area contributed by atoms with Crippen LogP contribution < -0.4 is 14.2 Å². The number of aromatic nitrogens is 3. The third-order valence-electron chi connectivity index (χ3n) is 5.79. The van der Waals surface area contributed by atoms with Crippen LogP contribution in [0, 0.1) is 5.82 Å². The molecule has 7 nitrogen and oxygen atoms in total. The van der Waals surface area contributed by atoms with Crippen molar-refractivity contribution in [3.05, 3.63) is 83.8 Å². The van der Waals surface area contributed by atoms with Crippen LogP contribution in [-0.4, -0.2) is 28.3 Å². The monoisotopic (exact) mass is 503 g/mol. The average molecular weight is 504 g/mol. The van der Waals surface area contributed by atoms with Gasteiger partial charge in [-0.15, -0.1) is 5.10 Å². The second-order valence-electron chi connectivity index (χ2n) is 8.34. The quantitative estimate of drug-likeness (QED) is 0.238. The van der Waals surface area contributed by atoms with Crippen molar-refractivity contribution in [2.24, 2.45) is 0 Å². The van der Waals surface area contributed by atoms with Gasteiger partial charge in [-0.05, 0) is 53.5 Å². The fourth-order valence-corrected chi connectivity index (χ4v) is 4.73. The molecule has 0 aliphatic heterocycles. The van der Waals surface area contributed by atoms with E-state index in [0.29, 0.717) is 44.9 Å². The Morgan fingerprint density at radius 3 is 2.89 bits per heavy atom. The van der Waals surface area contributed by atoms with Crippen molar-refractivity contribution in [1.82, 2.24) is 14.6 Å². The minimum atomic E-state index is -0.443. The molecule has 5 aromatic rings. The summed E-state index contributed by atoms with van der Waals surface area (Å²) in [6.07, 6.45) is 10.3. The van der Waals surface area contributed by atoms with Crippen molar-refractivity contribution in [2.75, 3.05) is 13.7 Å². The lowest BCUT2D eigenvalue weighted by Gasteiger charge is -2.11.